The molecule has 0 unspecified atom stereocenters. The molecule has 8 heteroatoms. The van der Waals surface area contributed by atoms with E-state index in [0.717, 1.165) is 11.3 Å². The summed E-state index contributed by atoms with van der Waals surface area (Å²) in [5.41, 5.74) is 1.60. The van der Waals surface area contributed by atoms with Gasteiger partial charge in [0.05, 0.1) is 0 Å². The molecule has 0 atom stereocenters. The number of para-hydroxylation sites is 1. The van der Waals surface area contributed by atoms with Crippen molar-refractivity contribution < 1.29 is 23.6 Å². The van der Waals surface area contributed by atoms with Gasteiger partial charge in [0.15, 0.2) is 0 Å². The van der Waals surface area contributed by atoms with Gasteiger partial charge in [0, 0.05) is 12.0 Å². The van der Waals surface area contributed by atoms with Crippen molar-refractivity contribution in [3.05, 3.63) is 53.6 Å². The first-order chi connectivity index (χ1) is 9.03. The molecular formula is C13H15Ca2O5P. The number of phosphoric acid groups is 1. The van der Waals surface area contributed by atoms with Crippen molar-refractivity contribution in [1.29, 1.82) is 0 Å². The molecular weight excluding hydrogens is 347 g/mol. The number of hydrogen-bond donors (Lipinski definition) is 2. The van der Waals surface area contributed by atoms with E-state index in [2.05, 4.69) is 0 Å². The number of benzene rings is 2. The first-order valence-electron chi connectivity index (χ1n) is 5.66. The molecule has 0 amide bonds. The molecule has 5 nitrogen and oxygen atoms in total. The van der Waals surface area contributed by atoms with Crippen LogP contribution in [0.3, 0.4) is 0 Å². The SMILES string of the molecule is O=P(O)(O)Oc1cccc2c1Cc1ccccc1O2.[CaH2].[CaH2]. The summed E-state index contributed by atoms with van der Waals surface area (Å²) in [6.07, 6.45) is 0.516. The summed E-state index contributed by atoms with van der Waals surface area (Å²) in [6, 6.07) is 12.4. The Hall–Kier alpha value is 0.709. The van der Waals surface area contributed by atoms with E-state index < -0.39 is 7.82 Å². The van der Waals surface area contributed by atoms with Gasteiger partial charge in [-0.25, -0.2) is 4.57 Å². The molecule has 0 radical (unpaired) electrons. The van der Waals surface area contributed by atoms with Crippen molar-refractivity contribution in [2.24, 2.45) is 0 Å². The summed E-state index contributed by atoms with van der Waals surface area (Å²) in [7, 11) is -4.57. The van der Waals surface area contributed by atoms with Gasteiger partial charge in [0.2, 0.25) is 0 Å². The van der Waals surface area contributed by atoms with Crippen LogP contribution in [0, 0.1) is 0 Å². The third kappa shape index (κ3) is 4.84. The van der Waals surface area contributed by atoms with E-state index in [4.69, 9.17) is 19.0 Å². The summed E-state index contributed by atoms with van der Waals surface area (Å²) in [4.78, 5) is 17.8. The second-order valence-corrected chi connectivity index (χ2v) is 5.36. The number of fused-ring (bicyclic) bond motifs is 2. The Kier molecular flexibility index (Phi) is 7.53. The molecule has 0 bridgehead atoms. The number of ether oxygens (including phenoxy) is 1. The molecule has 0 aromatic heterocycles. The zero-order chi connectivity index (χ0) is 13.5. The molecule has 0 saturated heterocycles. The van der Waals surface area contributed by atoms with Gasteiger partial charge in [0.1, 0.15) is 17.2 Å². The van der Waals surface area contributed by atoms with Gasteiger partial charge >= 0.3 is 83.3 Å². The average Bonchev–Trinajstić information content (AvgIpc) is 2.35. The molecule has 21 heavy (non-hydrogen) atoms. The summed E-state index contributed by atoms with van der Waals surface area (Å²) < 4.78 is 21.4. The maximum atomic E-state index is 11.0. The fourth-order valence-corrected chi connectivity index (χ4v) is 2.51. The minimum absolute atomic E-state index is 0. The summed E-state index contributed by atoms with van der Waals surface area (Å²) in [5.74, 6) is 1.47. The van der Waals surface area contributed by atoms with Crippen molar-refractivity contribution in [2.75, 3.05) is 0 Å². The molecule has 0 fully saturated rings. The summed E-state index contributed by atoms with van der Waals surface area (Å²) in [6.45, 7) is 0. The Balaban J connectivity index is 0.00000110. The average molecular weight is 362 g/mol. The van der Waals surface area contributed by atoms with Crippen LogP contribution in [0.5, 0.6) is 17.2 Å². The Bertz CT molecular complexity index is 686. The molecule has 2 aromatic rings. The number of rotatable bonds is 2. The molecule has 1 aliphatic rings. The van der Waals surface area contributed by atoms with Gasteiger partial charge in [-0.05, 0) is 23.8 Å². The van der Waals surface area contributed by atoms with Gasteiger partial charge in [-0.15, -0.1) is 0 Å². The predicted octanol–water partition coefficient (Wildman–Crippen LogP) is 1.02. The Morgan fingerprint density at radius 1 is 1.00 bits per heavy atom. The number of hydrogen-bond acceptors (Lipinski definition) is 3. The van der Waals surface area contributed by atoms with Crippen LogP contribution in [0.25, 0.3) is 0 Å². The molecule has 1 heterocycles. The zero-order valence-electron chi connectivity index (χ0n) is 9.81. The van der Waals surface area contributed by atoms with E-state index in [0.29, 0.717) is 17.7 Å². The quantitative estimate of drug-likeness (QED) is 0.526. The predicted molar refractivity (Wildman–Crippen MR) is 85.5 cm³/mol. The van der Waals surface area contributed by atoms with Crippen LogP contribution in [-0.2, 0) is 11.0 Å². The fourth-order valence-electron chi connectivity index (χ4n) is 2.09. The topological polar surface area (TPSA) is 76.0 Å². The standard InChI is InChI=1S/C13H11O5P.2Ca.4H/c14-19(15,16)18-13-7-3-6-12-10(13)8-9-4-1-2-5-11(9)17-12;;;;;;/h1-7H,8H2,(H2,14,15,16);;;;;;. The monoisotopic (exact) mass is 362 g/mol. The summed E-state index contributed by atoms with van der Waals surface area (Å²) >= 11 is 0. The Morgan fingerprint density at radius 2 is 1.67 bits per heavy atom. The summed E-state index contributed by atoms with van der Waals surface area (Å²) in [5, 5.41) is 0. The van der Waals surface area contributed by atoms with Crippen LogP contribution in [0.2, 0.25) is 0 Å². The van der Waals surface area contributed by atoms with E-state index in [9.17, 15) is 4.57 Å². The van der Waals surface area contributed by atoms with Crippen molar-refractivity contribution in [3.8, 4) is 17.2 Å². The Morgan fingerprint density at radius 3 is 2.38 bits per heavy atom. The van der Waals surface area contributed by atoms with Crippen LogP contribution in [-0.4, -0.2) is 85.3 Å². The molecule has 106 valence electrons. The molecule has 2 N–H and O–H groups in total. The first kappa shape index (κ1) is 19.8. The third-order valence-electron chi connectivity index (χ3n) is 2.87. The zero-order valence-corrected chi connectivity index (χ0v) is 10.7. The first-order valence-corrected chi connectivity index (χ1v) is 7.19. The molecule has 0 saturated carbocycles. The van der Waals surface area contributed by atoms with Gasteiger partial charge in [-0.1, -0.05) is 24.3 Å². The van der Waals surface area contributed by atoms with E-state index in [1.54, 1.807) is 12.1 Å². The fraction of sp³-hybridized carbons (Fsp3) is 0.0769. The van der Waals surface area contributed by atoms with E-state index >= 15 is 0 Å². The second kappa shape index (κ2) is 8.00. The van der Waals surface area contributed by atoms with E-state index in [1.165, 1.54) is 6.07 Å². The van der Waals surface area contributed by atoms with Crippen molar-refractivity contribution in [1.82, 2.24) is 0 Å². The Labute approximate surface area is 181 Å². The van der Waals surface area contributed by atoms with Gasteiger partial charge in [0.25, 0.3) is 0 Å². The van der Waals surface area contributed by atoms with E-state index in [-0.39, 0.29) is 81.2 Å². The van der Waals surface area contributed by atoms with Gasteiger partial charge in [-0.3, -0.25) is 9.79 Å². The van der Waals surface area contributed by atoms with E-state index in [1.807, 2.05) is 24.3 Å². The minimum atomic E-state index is -4.57. The van der Waals surface area contributed by atoms with Crippen molar-refractivity contribution >= 4 is 83.3 Å². The van der Waals surface area contributed by atoms with Crippen LogP contribution in [0.1, 0.15) is 11.1 Å². The normalized spacial score (nSPS) is 11.9. The molecule has 0 aliphatic carbocycles. The molecule has 2 aromatic carbocycles. The molecule has 1 aliphatic heterocycles. The van der Waals surface area contributed by atoms with Crippen LogP contribution < -0.4 is 9.26 Å². The van der Waals surface area contributed by atoms with Crippen LogP contribution in [0.15, 0.2) is 42.5 Å². The molecule has 3 rings (SSSR count). The van der Waals surface area contributed by atoms with Crippen molar-refractivity contribution in [3.63, 3.8) is 0 Å². The van der Waals surface area contributed by atoms with Crippen LogP contribution >= 0.6 is 7.82 Å². The second-order valence-electron chi connectivity index (χ2n) is 4.20. The van der Waals surface area contributed by atoms with Gasteiger partial charge in [-0.2, -0.15) is 0 Å². The maximum absolute atomic E-state index is 11.0. The molecule has 0 spiro atoms. The van der Waals surface area contributed by atoms with Gasteiger partial charge < -0.3 is 9.26 Å². The third-order valence-corrected chi connectivity index (χ3v) is 3.30. The van der Waals surface area contributed by atoms with Crippen LogP contribution in [0.4, 0.5) is 0 Å². The number of phosphoric ester groups is 1. The van der Waals surface area contributed by atoms with Crippen molar-refractivity contribution in [2.45, 2.75) is 6.42 Å².